The van der Waals surface area contributed by atoms with Gasteiger partial charge in [-0.25, -0.2) is 0 Å². The third kappa shape index (κ3) is 4.64. The molecule has 1 amide bonds. The van der Waals surface area contributed by atoms with E-state index in [0.717, 1.165) is 0 Å². The van der Waals surface area contributed by atoms with Crippen molar-refractivity contribution in [2.24, 2.45) is 5.73 Å². The molecule has 0 aliphatic rings. The Labute approximate surface area is 103 Å². The van der Waals surface area contributed by atoms with Gasteiger partial charge in [0.2, 0.25) is 5.91 Å². The normalized spacial score (nSPS) is 12.3. The van der Waals surface area contributed by atoms with Crippen molar-refractivity contribution >= 4 is 11.6 Å². The van der Waals surface area contributed by atoms with Crippen LogP contribution in [-0.4, -0.2) is 32.3 Å². The van der Waals surface area contributed by atoms with Gasteiger partial charge < -0.3 is 20.5 Å². The molecule has 3 N–H and O–H groups in total. The molecular formula is C11H14F2N2O3. The fourth-order valence-electron chi connectivity index (χ4n) is 1.24. The highest BCUT2D eigenvalue weighted by molar-refractivity contribution is 5.94. The highest BCUT2D eigenvalue weighted by Gasteiger charge is 2.13. The number of ether oxygens (including phenoxy) is 2. The summed E-state index contributed by atoms with van der Waals surface area (Å²) in [5.74, 6) is -0.505. The zero-order valence-corrected chi connectivity index (χ0v) is 9.73. The van der Waals surface area contributed by atoms with Crippen molar-refractivity contribution in [2.45, 2.75) is 12.7 Å². The second kappa shape index (κ2) is 6.87. The average Bonchev–Trinajstić information content (AvgIpc) is 2.28. The van der Waals surface area contributed by atoms with Crippen LogP contribution in [-0.2, 0) is 9.53 Å². The summed E-state index contributed by atoms with van der Waals surface area (Å²) in [5, 5.41) is 2.47. The van der Waals surface area contributed by atoms with E-state index in [0.29, 0.717) is 5.69 Å². The standard InChI is InChI=1S/C11H14F2N2O3/c1-17-6-9(14)10(16)15-7-3-2-4-8(5-7)18-11(12)13/h2-5,9,11H,6,14H2,1H3,(H,15,16). The van der Waals surface area contributed by atoms with E-state index in [1.807, 2.05) is 0 Å². The van der Waals surface area contributed by atoms with Crippen LogP contribution in [0.15, 0.2) is 24.3 Å². The van der Waals surface area contributed by atoms with Crippen molar-refractivity contribution in [3.63, 3.8) is 0 Å². The lowest BCUT2D eigenvalue weighted by Crippen LogP contribution is -2.39. The number of nitrogens with one attached hydrogen (secondary N) is 1. The molecule has 0 aromatic heterocycles. The smallest absolute Gasteiger partial charge is 0.387 e. The fraction of sp³-hybridized carbons (Fsp3) is 0.364. The highest BCUT2D eigenvalue weighted by atomic mass is 19.3. The molecule has 100 valence electrons. The molecule has 18 heavy (non-hydrogen) atoms. The van der Waals surface area contributed by atoms with Crippen LogP contribution >= 0.6 is 0 Å². The van der Waals surface area contributed by atoms with Gasteiger partial charge in [0.25, 0.3) is 0 Å². The van der Waals surface area contributed by atoms with Crippen LogP contribution in [0, 0.1) is 0 Å². The lowest BCUT2D eigenvalue weighted by Gasteiger charge is -2.12. The van der Waals surface area contributed by atoms with Crippen molar-refractivity contribution < 1.29 is 23.0 Å². The summed E-state index contributed by atoms with van der Waals surface area (Å²) in [6.45, 7) is -2.84. The van der Waals surface area contributed by atoms with E-state index in [4.69, 9.17) is 10.5 Å². The SMILES string of the molecule is COCC(N)C(=O)Nc1cccc(OC(F)F)c1. The van der Waals surface area contributed by atoms with Crippen LogP contribution in [0.1, 0.15) is 0 Å². The van der Waals surface area contributed by atoms with Gasteiger partial charge in [-0.3, -0.25) is 4.79 Å². The largest absolute Gasteiger partial charge is 0.435 e. The molecule has 0 fully saturated rings. The van der Waals surface area contributed by atoms with Crippen LogP contribution in [0.3, 0.4) is 0 Å². The van der Waals surface area contributed by atoms with Crippen LogP contribution in [0.5, 0.6) is 5.75 Å². The minimum atomic E-state index is -2.91. The van der Waals surface area contributed by atoms with E-state index in [1.54, 1.807) is 0 Å². The number of hydrogen-bond acceptors (Lipinski definition) is 4. The van der Waals surface area contributed by atoms with Gasteiger partial charge in [0.1, 0.15) is 11.8 Å². The molecule has 0 heterocycles. The number of anilines is 1. The molecule has 1 atom stereocenters. The zero-order valence-electron chi connectivity index (χ0n) is 9.73. The van der Waals surface area contributed by atoms with E-state index in [2.05, 4.69) is 10.1 Å². The summed E-state index contributed by atoms with van der Waals surface area (Å²) >= 11 is 0. The first-order valence-electron chi connectivity index (χ1n) is 5.13. The van der Waals surface area contributed by atoms with Gasteiger partial charge in [0, 0.05) is 18.9 Å². The lowest BCUT2D eigenvalue weighted by atomic mass is 10.2. The van der Waals surface area contributed by atoms with Crippen molar-refractivity contribution in [2.75, 3.05) is 19.0 Å². The molecule has 0 spiro atoms. The molecule has 1 unspecified atom stereocenters. The summed E-state index contributed by atoms with van der Waals surface area (Å²) in [7, 11) is 1.42. The molecule has 0 saturated heterocycles. The zero-order chi connectivity index (χ0) is 13.5. The number of rotatable bonds is 6. The minimum absolute atomic E-state index is 0.0388. The van der Waals surface area contributed by atoms with Crippen molar-refractivity contribution in [1.29, 1.82) is 0 Å². The molecule has 0 saturated carbocycles. The molecule has 0 aliphatic carbocycles. The van der Waals surface area contributed by atoms with E-state index >= 15 is 0 Å². The topological polar surface area (TPSA) is 73.6 Å². The van der Waals surface area contributed by atoms with Gasteiger partial charge >= 0.3 is 6.61 Å². The Morgan fingerprint density at radius 1 is 1.50 bits per heavy atom. The number of carbonyl (C=O) groups is 1. The Hall–Kier alpha value is -1.73. The Morgan fingerprint density at radius 2 is 2.22 bits per heavy atom. The Kier molecular flexibility index (Phi) is 5.47. The van der Waals surface area contributed by atoms with Crippen LogP contribution in [0.2, 0.25) is 0 Å². The van der Waals surface area contributed by atoms with Crippen LogP contribution in [0.25, 0.3) is 0 Å². The third-order valence-corrected chi connectivity index (χ3v) is 2.01. The second-order valence-corrected chi connectivity index (χ2v) is 3.46. The summed E-state index contributed by atoms with van der Waals surface area (Å²) < 4.78 is 32.9. The van der Waals surface area contributed by atoms with E-state index < -0.39 is 18.6 Å². The first-order chi connectivity index (χ1) is 8.52. The number of nitrogens with two attached hydrogens (primary N) is 1. The molecular weight excluding hydrogens is 246 g/mol. The molecule has 0 bridgehead atoms. The maximum atomic E-state index is 12.0. The maximum Gasteiger partial charge on any atom is 0.387 e. The predicted octanol–water partition coefficient (Wildman–Crippen LogP) is 1.20. The number of carbonyl (C=O) groups excluding carboxylic acids is 1. The van der Waals surface area contributed by atoms with E-state index in [9.17, 15) is 13.6 Å². The second-order valence-electron chi connectivity index (χ2n) is 3.46. The Balaban J connectivity index is 2.64. The minimum Gasteiger partial charge on any atom is -0.435 e. The summed E-state index contributed by atoms with van der Waals surface area (Å²) in [6, 6.07) is 4.83. The van der Waals surface area contributed by atoms with Crippen LogP contribution in [0.4, 0.5) is 14.5 Å². The quantitative estimate of drug-likeness (QED) is 0.806. The Morgan fingerprint density at radius 3 is 2.83 bits per heavy atom. The first kappa shape index (κ1) is 14.3. The number of alkyl halides is 2. The fourth-order valence-corrected chi connectivity index (χ4v) is 1.24. The van der Waals surface area contributed by atoms with Crippen molar-refractivity contribution in [3.8, 4) is 5.75 Å². The number of benzene rings is 1. The van der Waals surface area contributed by atoms with Crippen LogP contribution < -0.4 is 15.8 Å². The van der Waals surface area contributed by atoms with Gasteiger partial charge in [0.05, 0.1) is 6.61 Å². The molecule has 0 radical (unpaired) electrons. The van der Waals surface area contributed by atoms with E-state index in [1.165, 1.54) is 31.4 Å². The number of amides is 1. The summed E-state index contributed by atoms with van der Waals surface area (Å²) in [4.78, 5) is 11.5. The molecule has 1 aromatic carbocycles. The highest BCUT2D eigenvalue weighted by Crippen LogP contribution is 2.19. The molecule has 7 heteroatoms. The average molecular weight is 260 g/mol. The van der Waals surface area contributed by atoms with Gasteiger partial charge in [-0.05, 0) is 12.1 Å². The van der Waals surface area contributed by atoms with Crippen molar-refractivity contribution in [3.05, 3.63) is 24.3 Å². The Bertz CT molecular complexity index is 402. The maximum absolute atomic E-state index is 12.0. The predicted molar refractivity (Wildman–Crippen MR) is 61.6 cm³/mol. The van der Waals surface area contributed by atoms with Crippen molar-refractivity contribution in [1.82, 2.24) is 0 Å². The van der Waals surface area contributed by atoms with Gasteiger partial charge in [0.15, 0.2) is 0 Å². The first-order valence-corrected chi connectivity index (χ1v) is 5.13. The lowest BCUT2D eigenvalue weighted by molar-refractivity contribution is -0.118. The number of hydrogen-bond donors (Lipinski definition) is 2. The third-order valence-electron chi connectivity index (χ3n) is 2.01. The van der Waals surface area contributed by atoms with Gasteiger partial charge in [-0.15, -0.1) is 0 Å². The number of methoxy groups -OCH3 is 1. The molecule has 0 aliphatic heterocycles. The summed E-state index contributed by atoms with van der Waals surface area (Å²) in [5.41, 5.74) is 5.83. The number of halogens is 2. The van der Waals surface area contributed by atoms with E-state index in [-0.39, 0.29) is 12.4 Å². The summed E-state index contributed by atoms with van der Waals surface area (Å²) in [6.07, 6.45) is 0. The molecule has 1 aromatic rings. The molecule has 5 nitrogen and oxygen atoms in total. The van der Waals surface area contributed by atoms with Gasteiger partial charge in [-0.1, -0.05) is 6.07 Å². The monoisotopic (exact) mass is 260 g/mol. The van der Waals surface area contributed by atoms with Gasteiger partial charge in [-0.2, -0.15) is 8.78 Å². The molecule has 1 rings (SSSR count).